The van der Waals surface area contributed by atoms with Gasteiger partial charge in [0.05, 0.1) is 24.3 Å². The number of Topliss-reactive ketones (excluding diaryl/α,β-unsaturated/α-hetero) is 1. The number of hydrazine groups is 1. The molecule has 9 heteroatoms. The average Bonchev–Trinajstić information content (AvgIpc) is 2.67. The first kappa shape index (κ1) is 26.5. The number of amides is 1. The second kappa shape index (κ2) is 12.9. The number of hydrogen-bond acceptors (Lipinski definition) is 8. The minimum Gasteiger partial charge on any atom is -0.496 e. The van der Waals surface area contributed by atoms with Crippen molar-refractivity contribution in [1.82, 2.24) is 10.7 Å². The van der Waals surface area contributed by atoms with Crippen LogP contribution in [0.25, 0.3) is 0 Å². The van der Waals surface area contributed by atoms with Gasteiger partial charge in [-0.25, -0.2) is 0 Å². The van der Waals surface area contributed by atoms with E-state index in [1.54, 1.807) is 26.0 Å². The molecular weight excluding hydrogens is 372 g/mol. The molecule has 1 aromatic carbocycles. The SMILES string of the molecule is C=N.COc1ccc(NC(C)C)cc1C(=O)NC(CCCNN)C(=O)C(C)(C)N. The lowest BCUT2D eigenvalue weighted by Crippen LogP contribution is -2.53. The molecule has 29 heavy (non-hydrogen) atoms. The van der Waals surface area contributed by atoms with Crippen LogP contribution in [0.15, 0.2) is 18.2 Å². The number of nitrogens with one attached hydrogen (secondary N) is 4. The van der Waals surface area contributed by atoms with E-state index in [2.05, 4.69) is 22.8 Å². The van der Waals surface area contributed by atoms with Gasteiger partial charge in [0.25, 0.3) is 5.91 Å². The van der Waals surface area contributed by atoms with Gasteiger partial charge in [0.2, 0.25) is 0 Å². The van der Waals surface area contributed by atoms with Crippen molar-refractivity contribution in [1.29, 1.82) is 5.41 Å². The third-order valence-electron chi connectivity index (χ3n) is 3.97. The van der Waals surface area contributed by atoms with Gasteiger partial charge in [-0.1, -0.05) is 0 Å². The van der Waals surface area contributed by atoms with Gasteiger partial charge < -0.3 is 26.5 Å². The van der Waals surface area contributed by atoms with Crippen LogP contribution in [0, 0.1) is 5.41 Å². The van der Waals surface area contributed by atoms with Crippen LogP contribution in [-0.4, -0.2) is 49.7 Å². The highest BCUT2D eigenvalue weighted by Crippen LogP contribution is 2.23. The highest BCUT2D eigenvalue weighted by molar-refractivity contribution is 6.02. The number of ether oxygens (including phenoxy) is 1. The van der Waals surface area contributed by atoms with Crippen molar-refractivity contribution < 1.29 is 14.3 Å². The average molecular weight is 409 g/mol. The summed E-state index contributed by atoms with van der Waals surface area (Å²) in [5.41, 5.74) is 8.60. The van der Waals surface area contributed by atoms with Crippen LogP contribution in [-0.2, 0) is 4.79 Å². The first-order valence-corrected chi connectivity index (χ1v) is 9.47. The number of anilines is 1. The maximum atomic E-state index is 12.9. The largest absolute Gasteiger partial charge is 0.496 e. The normalized spacial score (nSPS) is 11.9. The second-order valence-corrected chi connectivity index (χ2v) is 7.42. The lowest BCUT2D eigenvalue weighted by Gasteiger charge is -2.26. The summed E-state index contributed by atoms with van der Waals surface area (Å²) in [5, 5.41) is 11.6. The summed E-state index contributed by atoms with van der Waals surface area (Å²) in [6, 6.07) is 4.78. The Morgan fingerprint density at radius 2 is 1.90 bits per heavy atom. The number of carbonyl (C=O) groups excluding carboxylic acids is 2. The minimum atomic E-state index is -1.06. The molecule has 9 nitrogen and oxygen atoms in total. The van der Waals surface area contributed by atoms with Crippen molar-refractivity contribution >= 4 is 24.1 Å². The summed E-state index contributed by atoms with van der Waals surface area (Å²) >= 11 is 0. The second-order valence-electron chi connectivity index (χ2n) is 7.42. The molecule has 0 bridgehead atoms. The topological polar surface area (TPSA) is 155 Å². The standard InChI is InChI=1S/C19H33N5O3.CH3N/c1-12(2)23-13-8-9-16(27-5)14(11-13)18(26)24-15(7-6-10-22-21)17(25)19(3,4)20;1-2/h8-9,11-12,15,22-23H,6-7,10,20-21H2,1-5H3,(H,24,26);2H,1H2. The third-order valence-corrected chi connectivity index (χ3v) is 3.97. The van der Waals surface area contributed by atoms with E-state index in [1.165, 1.54) is 7.11 Å². The quantitative estimate of drug-likeness (QED) is 0.140. The van der Waals surface area contributed by atoms with Crippen molar-refractivity contribution in [2.24, 2.45) is 11.6 Å². The summed E-state index contributed by atoms with van der Waals surface area (Å²) in [5.74, 6) is 5.11. The van der Waals surface area contributed by atoms with Gasteiger partial charge in [-0.2, -0.15) is 0 Å². The van der Waals surface area contributed by atoms with E-state index >= 15 is 0 Å². The smallest absolute Gasteiger partial charge is 0.255 e. The molecule has 0 aliphatic rings. The third kappa shape index (κ3) is 9.03. The Labute approximate surface area is 173 Å². The number of benzene rings is 1. The predicted molar refractivity (Wildman–Crippen MR) is 118 cm³/mol. The minimum absolute atomic E-state index is 0.213. The molecule has 0 spiro atoms. The van der Waals surface area contributed by atoms with Crippen molar-refractivity contribution in [3.05, 3.63) is 23.8 Å². The van der Waals surface area contributed by atoms with Crippen LogP contribution >= 0.6 is 0 Å². The molecule has 1 unspecified atom stereocenters. The van der Waals surface area contributed by atoms with Crippen molar-refractivity contribution in [3.63, 3.8) is 0 Å². The van der Waals surface area contributed by atoms with E-state index < -0.39 is 11.6 Å². The molecule has 0 saturated carbocycles. The zero-order valence-corrected chi connectivity index (χ0v) is 18.1. The molecule has 0 aliphatic heterocycles. The molecule has 1 rings (SSSR count). The summed E-state index contributed by atoms with van der Waals surface area (Å²) in [6.45, 7) is 10.3. The van der Waals surface area contributed by atoms with Crippen LogP contribution in [0.2, 0.25) is 0 Å². The molecule has 0 radical (unpaired) electrons. The van der Waals surface area contributed by atoms with Crippen LogP contribution in [0.1, 0.15) is 50.9 Å². The molecule has 8 N–H and O–H groups in total. The zero-order valence-electron chi connectivity index (χ0n) is 18.1. The Morgan fingerprint density at radius 3 is 2.38 bits per heavy atom. The van der Waals surface area contributed by atoms with Gasteiger partial charge in [0.15, 0.2) is 5.78 Å². The van der Waals surface area contributed by atoms with Gasteiger partial charge in [-0.05, 0) is 65.5 Å². The van der Waals surface area contributed by atoms with Gasteiger partial charge in [-0.15, -0.1) is 0 Å². The fourth-order valence-electron chi connectivity index (χ4n) is 2.67. The van der Waals surface area contributed by atoms with Gasteiger partial charge in [0, 0.05) is 18.3 Å². The zero-order chi connectivity index (χ0) is 22.6. The number of methoxy groups -OCH3 is 1. The van der Waals surface area contributed by atoms with E-state index in [0.717, 1.165) is 5.69 Å². The molecule has 0 aromatic heterocycles. The summed E-state index contributed by atoms with van der Waals surface area (Å²) in [7, 11) is 1.50. The molecule has 1 atom stereocenters. The van der Waals surface area contributed by atoms with E-state index in [0.29, 0.717) is 30.7 Å². The summed E-state index contributed by atoms with van der Waals surface area (Å²) < 4.78 is 5.31. The van der Waals surface area contributed by atoms with Gasteiger partial charge in [0.1, 0.15) is 5.75 Å². The molecule has 164 valence electrons. The Bertz CT molecular complexity index is 658. The number of carbonyl (C=O) groups is 2. The molecule has 0 heterocycles. The van der Waals surface area contributed by atoms with E-state index in [4.69, 9.17) is 21.7 Å². The van der Waals surface area contributed by atoms with Crippen molar-refractivity contribution in [2.45, 2.75) is 58.2 Å². The van der Waals surface area contributed by atoms with E-state index in [1.807, 2.05) is 19.9 Å². The lowest BCUT2D eigenvalue weighted by molar-refractivity contribution is -0.125. The molecule has 0 saturated heterocycles. The van der Waals surface area contributed by atoms with Crippen LogP contribution in [0.4, 0.5) is 5.69 Å². The van der Waals surface area contributed by atoms with Crippen LogP contribution in [0.5, 0.6) is 5.75 Å². The lowest BCUT2D eigenvalue weighted by atomic mass is 9.91. The predicted octanol–water partition coefficient (Wildman–Crippen LogP) is 1.43. The Balaban J connectivity index is 0.00000379. The Kier molecular flexibility index (Phi) is 11.8. The number of rotatable bonds is 11. The summed E-state index contributed by atoms with van der Waals surface area (Å²) in [4.78, 5) is 25.5. The Hall–Kier alpha value is -2.49. The van der Waals surface area contributed by atoms with Crippen molar-refractivity contribution in [2.75, 3.05) is 19.0 Å². The molecule has 0 fully saturated rings. The van der Waals surface area contributed by atoms with E-state index in [9.17, 15) is 9.59 Å². The fraction of sp³-hybridized carbons (Fsp3) is 0.550. The molecule has 1 aromatic rings. The van der Waals surface area contributed by atoms with E-state index in [-0.39, 0.29) is 17.7 Å². The maximum absolute atomic E-state index is 12.9. The summed E-state index contributed by atoms with van der Waals surface area (Å²) in [6.07, 6.45) is 1.05. The highest BCUT2D eigenvalue weighted by atomic mass is 16.5. The van der Waals surface area contributed by atoms with Gasteiger partial charge >= 0.3 is 0 Å². The Morgan fingerprint density at radius 1 is 1.28 bits per heavy atom. The van der Waals surface area contributed by atoms with Crippen LogP contribution in [0.3, 0.4) is 0 Å². The van der Waals surface area contributed by atoms with Gasteiger partial charge in [-0.3, -0.25) is 20.9 Å². The number of hydrogen-bond donors (Lipinski definition) is 6. The fourth-order valence-corrected chi connectivity index (χ4v) is 2.67. The van der Waals surface area contributed by atoms with Crippen LogP contribution < -0.4 is 32.4 Å². The molecule has 0 aliphatic carbocycles. The first-order chi connectivity index (χ1) is 13.6. The number of nitrogens with two attached hydrogens (primary N) is 2. The monoisotopic (exact) mass is 408 g/mol. The molecule has 1 amide bonds. The molecular formula is C20H36N6O3. The maximum Gasteiger partial charge on any atom is 0.255 e. The highest BCUT2D eigenvalue weighted by Gasteiger charge is 2.31. The first-order valence-electron chi connectivity index (χ1n) is 9.47. The number of ketones is 1. The van der Waals surface area contributed by atoms with Crippen molar-refractivity contribution in [3.8, 4) is 5.75 Å².